The summed E-state index contributed by atoms with van der Waals surface area (Å²) in [5, 5.41) is 3.14. The minimum atomic E-state index is 0.699. The van der Waals surface area contributed by atoms with Crippen molar-refractivity contribution in [3.05, 3.63) is 25.3 Å². The standard InChI is InChI=1S/C8H9N5/c1-2-3-9-7-6-8(11-4-10-6)13-5-12-7/h2,4-5H,1,3H2,(H2,9,10,11,12,13)/p+1. The largest absolute Gasteiger partial charge is 0.336 e. The molecule has 0 atom stereocenters. The van der Waals surface area contributed by atoms with Gasteiger partial charge in [0.1, 0.15) is 0 Å². The highest BCUT2D eigenvalue weighted by molar-refractivity contribution is 5.79. The summed E-state index contributed by atoms with van der Waals surface area (Å²) in [7, 11) is 0. The molecule has 0 amide bonds. The van der Waals surface area contributed by atoms with Gasteiger partial charge >= 0.3 is 0 Å². The zero-order valence-corrected chi connectivity index (χ0v) is 7.04. The van der Waals surface area contributed by atoms with Gasteiger partial charge in [0.05, 0.1) is 12.9 Å². The average molecular weight is 176 g/mol. The van der Waals surface area contributed by atoms with Gasteiger partial charge in [-0.3, -0.25) is 0 Å². The number of fused-ring (bicyclic) bond motifs is 1. The summed E-state index contributed by atoms with van der Waals surface area (Å²) in [6.45, 7) is 4.33. The molecule has 0 aliphatic rings. The monoisotopic (exact) mass is 176 g/mol. The van der Waals surface area contributed by atoms with E-state index in [-0.39, 0.29) is 0 Å². The molecular weight excluding hydrogens is 166 g/mol. The lowest BCUT2D eigenvalue weighted by Gasteiger charge is -1.95. The molecule has 0 spiro atoms. The Hall–Kier alpha value is -1.91. The molecule has 0 bridgehead atoms. The summed E-state index contributed by atoms with van der Waals surface area (Å²) in [5.74, 6) is 0.877. The van der Waals surface area contributed by atoms with Crippen LogP contribution < -0.4 is 10.3 Å². The van der Waals surface area contributed by atoms with Gasteiger partial charge in [0.15, 0.2) is 5.52 Å². The molecule has 2 rings (SSSR count). The number of hydrogen-bond acceptors (Lipinski definition) is 3. The van der Waals surface area contributed by atoms with Crippen molar-refractivity contribution < 1.29 is 4.98 Å². The van der Waals surface area contributed by atoms with Crippen LogP contribution in [0.5, 0.6) is 0 Å². The molecule has 0 fully saturated rings. The minimum absolute atomic E-state index is 0.699. The van der Waals surface area contributed by atoms with Crippen molar-refractivity contribution in [3.8, 4) is 0 Å². The van der Waals surface area contributed by atoms with Crippen LogP contribution in [0.1, 0.15) is 0 Å². The zero-order chi connectivity index (χ0) is 9.10. The molecule has 0 unspecified atom stereocenters. The van der Waals surface area contributed by atoms with Gasteiger partial charge in [0.2, 0.25) is 12.1 Å². The zero-order valence-electron chi connectivity index (χ0n) is 7.04. The molecule has 5 heteroatoms. The summed E-state index contributed by atoms with van der Waals surface area (Å²) in [6.07, 6.45) is 5.01. The van der Waals surface area contributed by atoms with Crippen LogP contribution >= 0.6 is 0 Å². The topological polar surface area (TPSA) is 67.7 Å². The Morgan fingerprint density at radius 1 is 1.62 bits per heavy atom. The number of H-pyrrole nitrogens is 2. The van der Waals surface area contributed by atoms with Gasteiger partial charge in [-0.05, 0) is 0 Å². The number of nitrogens with one attached hydrogen (secondary N) is 3. The molecule has 5 nitrogen and oxygen atoms in total. The Bertz CT molecular complexity index is 419. The minimum Gasteiger partial charge on any atom is -0.336 e. The first-order valence-electron chi connectivity index (χ1n) is 3.96. The van der Waals surface area contributed by atoms with Crippen LogP contribution in [0.25, 0.3) is 11.2 Å². The maximum Gasteiger partial charge on any atom is 0.260 e. The van der Waals surface area contributed by atoms with Crippen molar-refractivity contribution >= 4 is 17.0 Å². The summed E-state index contributed by atoms with van der Waals surface area (Å²) in [5.41, 5.74) is 1.58. The number of imidazole rings is 1. The molecule has 0 aliphatic heterocycles. The maximum absolute atomic E-state index is 4.05. The maximum atomic E-state index is 4.05. The number of rotatable bonds is 3. The van der Waals surface area contributed by atoms with E-state index in [9.17, 15) is 0 Å². The molecule has 2 aromatic heterocycles. The lowest BCUT2D eigenvalue weighted by atomic mass is 10.5. The normalized spacial score (nSPS) is 10.2. The van der Waals surface area contributed by atoms with Gasteiger partial charge in [0, 0.05) is 0 Å². The second kappa shape index (κ2) is 3.22. The average Bonchev–Trinajstić information content (AvgIpc) is 2.62. The lowest BCUT2D eigenvalue weighted by molar-refractivity contribution is -0.364. The summed E-state index contributed by atoms with van der Waals surface area (Å²) in [6, 6.07) is 0. The molecule has 3 N–H and O–H groups in total. The van der Waals surface area contributed by atoms with Crippen LogP contribution in [0.4, 0.5) is 5.82 Å². The summed E-state index contributed by atoms with van der Waals surface area (Å²) >= 11 is 0. The first-order valence-corrected chi connectivity index (χ1v) is 3.96. The summed E-state index contributed by atoms with van der Waals surface area (Å²) in [4.78, 5) is 14.1. The van der Waals surface area contributed by atoms with Crippen LogP contribution in [0, 0.1) is 0 Å². The molecule has 0 saturated heterocycles. The van der Waals surface area contributed by atoms with E-state index < -0.39 is 0 Å². The van der Waals surface area contributed by atoms with E-state index in [0.29, 0.717) is 12.2 Å². The highest BCUT2D eigenvalue weighted by Crippen LogP contribution is 2.10. The predicted octanol–water partition coefficient (Wildman–Crippen LogP) is 0.370. The Kier molecular flexibility index (Phi) is 1.91. The quantitative estimate of drug-likeness (QED) is 0.664. The van der Waals surface area contributed by atoms with E-state index >= 15 is 0 Å². The third kappa shape index (κ3) is 1.35. The summed E-state index contributed by atoms with van der Waals surface area (Å²) < 4.78 is 0. The number of aromatic amines is 2. The van der Waals surface area contributed by atoms with E-state index in [0.717, 1.165) is 11.3 Å². The Morgan fingerprint density at radius 3 is 3.38 bits per heavy atom. The molecule has 0 radical (unpaired) electrons. The number of nitrogens with zero attached hydrogens (tertiary/aromatic N) is 2. The van der Waals surface area contributed by atoms with Crippen molar-refractivity contribution in [2.75, 3.05) is 11.9 Å². The molecule has 0 aromatic carbocycles. The Balaban J connectivity index is 2.42. The van der Waals surface area contributed by atoms with Crippen molar-refractivity contribution in [2.24, 2.45) is 0 Å². The van der Waals surface area contributed by atoms with Crippen LogP contribution in [0.3, 0.4) is 0 Å². The van der Waals surface area contributed by atoms with Gasteiger partial charge in [-0.25, -0.2) is 9.97 Å². The van der Waals surface area contributed by atoms with Gasteiger partial charge in [-0.2, -0.15) is 0 Å². The Morgan fingerprint density at radius 2 is 2.54 bits per heavy atom. The number of aromatic nitrogens is 4. The third-order valence-electron chi connectivity index (χ3n) is 1.69. The van der Waals surface area contributed by atoms with E-state index in [1.807, 2.05) is 0 Å². The first-order chi connectivity index (χ1) is 6.42. The second-order valence-electron chi connectivity index (χ2n) is 2.55. The van der Waals surface area contributed by atoms with Gasteiger partial charge in [-0.1, -0.05) is 17.6 Å². The molecule has 13 heavy (non-hydrogen) atoms. The van der Waals surface area contributed by atoms with E-state index in [1.54, 1.807) is 18.7 Å². The SMILES string of the molecule is C=CCNc1[nH+]cnc2nc[nH]c12. The van der Waals surface area contributed by atoms with Crippen molar-refractivity contribution in [1.29, 1.82) is 0 Å². The first kappa shape index (κ1) is 7.72. The van der Waals surface area contributed by atoms with E-state index in [1.165, 1.54) is 0 Å². The molecule has 2 aromatic rings. The van der Waals surface area contributed by atoms with Crippen molar-refractivity contribution in [1.82, 2.24) is 15.0 Å². The highest BCUT2D eigenvalue weighted by atomic mass is 15.1. The van der Waals surface area contributed by atoms with Gasteiger partial charge in [-0.15, -0.1) is 0 Å². The third-order valence-corrected chi connectivity index (χ3v) is 1.69. The highest BCUT2D eigenvalue weighted by Gasteiger charge is 2.08. The fourth-order valence-corrected chi connectivity index (χ4v) is 1.11. The predicted molar refractivity (Wildman–Crippen MR) is 49.1 cm³/mol. The van der Waals surface area contributed by atoms with Crippen LogP contribution in [0.15, 0.2) is 25.3 Å². The number of anilines is 1. The molecule has 0 saturated carbocycles. The van der Waals surface area contributed by atoms with E-state index in [2.05, 4.69) is 31.8 Å². The van der Waals surface area contributed by atoms with Gasteiger partial charge in [0.25, 0.3) is 5.65 Å². The van der Waals surface area contributed by atoms with Crippen molar-refractivity contribution in [2.45, 2.75) is 0 Å². The van der Waals surface area contributed by atoms with Crippen LogP contribution in [0.2, 0.25) is 0 Å². The van der Waals surface area contributed by atoms with Crippen LogP contribution in [-0.4, -0.2) is 21.5 Å². The lowest BCUT2D eigenvalue weighted by Crippen LogP contribution is -2.14. The molecule has 2 heterocycles. The fourth-order valence-electron chi connectivity index (χ4n) is 1.11. The molecule has 66 valence electrons. The fraction of sp³-hybridized carbons (Fsp3) is 0.125. The smallest absolute Gasteiger partial charge is 0.260 e. The molecular formula is C8H10N5+. The Labute approximate surface area is 74.9 Å². The van der Waals surface area contributed by atoms with Crippen molar-refractivity contribution in [3.63, 3.8) is 0 Å². The second-order valence-corrected chi connectivity index (χ2v) is 2.55. The van der Waals surface area contributed by atoms with Gasteiger partial charge < -0.3 is 10.3 Å². The number of hydrogen-bond donors (Lipinski definition) is 2. The van der Waals surface area contributed by atoms with Crippen LogP contribution in [-0.2, 0) is 0 Å². The van der Waals surface area contributed by atoms with E-state index in [4.69, 9.17) is 0 Å². The molecule has 0 aliphatic carbocycles.